The minimum absolute atomic E-state index is 0. The van der Waals surface area contributed by atoms with E-state index in [9.17, 15) is 4.39 Å². The van der Waals surface area contributed by atoms with Gasteiger partial charge in [0.1, 0.15) is 17.5 Å². The van der Waals surface area contributed by atoms with Gasteiger partial charge in [0, 0.05) is 22.7 Å². The Hall–Kier alpha value is -2.40. The summed E-state index contributed by atoms with van der Waals surface area (Å²) in [7, 11) is 0. The Kier molecular flexibility index (Phi) is 3.72. The van der Waals surface area contributed by atoms with Crippen LogP contribution in [0.2, 0.25) is 0 Å². The zero-order valence-corrected chi connectivity index (χ0v) is 11.2. The molecule has 0 atom stereocenters. The first-order valence-electron chi connectivity index (χ1n) is 5.72. The molecule has 0 unspecified atom stereocenters. The lowest BCUT2D eigenvalue weighted by Gasteiger charge is -2.09. The highest BCUT2D eigenvalue weighted by Gasteiger charge is 2.11. The Morgan fingerprint density at radius 3 is 2.45 bits per heavy atom. The van der Waals surface area contributed by atoms with Gasteiger partial charge in [-0.25, -0.2) is 9.37 Å². The molecular formula is C14H12ClFN4. The molecule has 0 saturated heterocycles. The topological polar surface area (TPSA) is 77.8 Å². The molecule has 3 aromatic rings. The molecule has 4 nitrogen and oxygen atoms in total. The fourth-order valence-electron chi connectivity index (χ4n) is 2.07. The first-order chi connectivity index (χ1) is 9.16. The number of pyridine rings is 2. The largest absolute Gasteiger partial charge is 0.384 e. The van der Waals surface area contributed by atoms with Crippen LogP contribution in [0.15, 0.2) is 42.6 Å². The average molecular weight is 291 g/mol. The summed E-state index contributed by atoms with van der Waals surface area (Å²) in [4.78, 5) is 8.24. The normalized spacial score (nSPS) is 10.2. The Balaban J connectivity index is 0.00000147. The molecule has 2 aromatic heterocycles. The molecule has 0 aliphatic heterocycles. The third-order valence-corrected chi connectivity index (χ3v) is 2.95. The Morgan fingerprint density at radius 2 is 1.70 bits per heavy atom. The fourth-order valence-corrected chi connectivity index (χ4v) is 2.07. The fraction of sp³-hybridized carbons (Fsp3) is 0. The number of rotatable bonds is 1. The lowest BCUT2D eigenvalue weighted by Crippen LogP contribution is -1.99. The number of benzene rings is 1. The molecule has 0 fully saturated rings. The number of halogens is 2. The van der Waals surface area contributed by atoms with Crippen LogP contribution in [0, 0.1) is 5.82 Å². The van der Waals surface area contributed by atoms with Crippen LogP contribution in [0.3, 0.4) is 0 Å². The van der Waals surface area contributed by atoms with E-state index in [0.717, 1.165) is 5.56 Å². The van der Waals surface area contributed by atoms with Crippen LogP contribution in [-0.2, 0) is 0 Å². The molecule has 0 radical (unpaired) electrons. The smallest absolute Gasteiger partial charge is 0.133 e. The maximum Gasteiger partial charge on any atom is 0.133 e. The summed E-state index contributed by atoms with van der Waals surface area (Å²) in [5.41, 5.74) is 13.4. The van der Waals surface area contributed by atoms with Crippen LogP contribution in [0.25, 0.3) is 22.0 Å². The first-order valence-corrected chi connectivity index (χ1v) is 5.72. The highest BCUT2D eigenvalue weighted by Crippen LogP contribution is 2.31. The van der Waals surface area contributed by atoms with Crippen LogP contribution in [0.1, 0.15) is 0 Å². The molecule has 102 valence electrons. The molecule has 0 saturated carbocycles. The van der Waals surface area contributed by atoms with E-state index in [2.05, 4.69) is 9.97 Å². The van der Waals surface area contributed by atoms with Gasteiger partial charge in [-0.05, 0) is 36.4 Å². The van der Waals surface area contributed by atoms with Crippen LogP contribution in [0.5, 0.6) is 0 Å². The van der Waals surface area contributed by atoms with Crippen LogP contribution in [-0.4, -0.2) is 9.97 Å². The number of hydrogen-bond donors (Lipinski definition) is 2. The maximum absolute atomic E-state index is 13.7. The van der Waals surface area contributed by atoms with Gasteiger partial charge < -0.3 is 11.5 Å². The zero-order valence-electron chi connectivity index (χ0n) is 10.4. The van der Waals surface area contributed by atoms with Crippen molar-refractivity contribution < 1.29 is 4.39 Å². The lowest BCUT2D eigenvalue weighted by atomic mass is 10.0. The summed E-state index contributed by atoms with van der Waals surface area (Å²) >= 11 is 0. The van der Waals surface area contributed by atoms with E-state index in [1.807, 2.05) is 0 Å². The summed E-state index contributed by atoms with van der Waals surface area (Å²) in [6.07, 6.45) is 1.62. The predicted molar refractivity (Wildman–Crippen MR) is 81.0 cm³/mol. The molecule has 0 amide bonds. The van der Waals surface area contributed by atoms with E-state index in [4.69, 9.17) is 11.5 Å². The maximum atomic E-state index is 13.7. The molecule has 1 aromatic carbocycles. The second kappa shape index (κ2) is 5.30. The molecule has 0 aliphatic rings. The monoisotopic (exact) mass is 290 g/mol. The van der Waals surface area contributed by atoms with Gasteiger partial charge in [0.25, 0.3) is 0 Å². The van der Waals surface area contributed by atoms with Gasteiger partial charge in [-0.15, -0.1) is 12.4 Å². The molecule has 0 aliphatic carbocycles. The van der Waals surface area contributed by atoms with Crippen LogP contribution < -0.4 is 11.5 Å². The van der Waals surface area contributed by atoms with Crippen LogP contribution >= 0.6 is 12.4 Å². The quantitative estimate of drug-likeness (QED) is 0.722. The number of fused-ring (bicyclic) bond motifs is 1. The molecule has 4 N–H and O–H groups in total. The van der Waals surface area contributed by atoms with Crippen molar-refractivity contribution in [2.24, 2.45) is 0 Å². The van der Waals surface area contributed by atoms with Gasteiger partial charge in [0.2, 0.25) is 0 Å². The van der Waals surface area contributed by atoms with E-state index in [1.165, 1.54) is 6.07 Å². The van der Waals surface area contributed by atoms with Gasteiger partial charge in [0.05, 0.1) is 5.52 Å². The number of nitrogens with zero attached hydrogens (tertiary/aromatic N) is 2. The van der Waals surface area contributed by atoms with E-state index in [-0.39, 0.29) is 18.2 Å². The second-order valence-electron chi connectivity index (χ2n) is 4.16. The SMILES string of the molecule is Cl.Nc1ccc(-c2ccc(F)c3cccnc23)c(N)n1. The second-order valence-corrected chi connectivity index (χ2v) is 4.16. The van der Waals surface area contributed by atoms with Gasteiger partial charge in [-0.1, -0.05) is 0 Å². The minimum atomic E-state index is -0.311. The standard InChI is InChI=1S/C14H11FN4.ClH/c15-11-5-3-8(13-10(11)2-1-7-18-13)9-4-6-12(16)19-14(9)17;/h1-7H,(H4,16,17,19);1H. The van der Waals surface area contributed by atoms with Crippen LogP contribution in [0.4, 0.5) is 16.0 Å². The van der Waals surface area contributed by atoms with Gasteiger partial charge in [-0.2, -0.15) is 0 Å². The van der Waals surface area contributed by atoms with E-state index in [1.54, 1.807) is 36.5 Å². The summed E-state index contributed by atoms with van der Waals surface area (Å²) < 4.78 is 13.7. The molecule has 2 heterocycles. The van der Waals surface area contributed by atoms with E-state index in [0.29, 0.717) is 28.1 Å². The number of nitrogen functional groups attached to an aromatic ring is 2. The van der Waals surface area contributed by atoms with Crippen molar-refractivity contribution in [3.63, 3.8) is 0 Å². The number of hydrogen-bond acceptors (Lipinski definition) is 4. The molecule has 0 spiro atoms. The highest BCUT2D eigenvalue weighted by atomic mass is 35.5. The predicted octanol–water partition coefficient (Wildman–Crippen LogP) is 3.02. The molecule has 0 bridgehead atoms. The van der Waals surface area contributed by atoms with Crippen molar-refractivity contribution in [2.45, 2.75) is 0 Å². The number of nitrogens with two attached hydrogens (primary N) is 2. The first kappa shape index (κ1) is 14.0. The molecular weight excluding hydrogens is 279 g/mol. The van der Waals surface area contributed by atoms with Crippen molar-refractivity contribution in [2.75, 3.05) is 11.5 Å². The third kappa shape index (κ3) is 2.23. The molecule has 3 rings (SSSR count). The summed E-state index contributed by atoms with van der Waals surface area (Å²) in [6, 6.07) is 9.84. The van der Waals surface area contributed by atoms with E-state index < -0.39 is 0 Å². The highest BCUT2D eigenvalue weighted by molar-refractivity contribution is 5.96. The van der Waals surface area contributed by atoms with Crippen molar-refractivity contribution >= 4 is 34.9 Å². The summed E-state index contributed by atoms with van der Waals surface area (Å²) in [6.45, 7) is 0. The average Bonchev–Trinajstić information content (AvgIpc) is 2.41. The van der Waals surface area contributed by atoms with Gasteiger partial charge >= 0.3 is 0 Å². The summed E-state index contributed by atoms with van der Waals surface area (Å²) in [5, 5.41) is 0.455. The third-order valence-electron chi connectivity index (χ3n) is 2.95. The van der Waals surface area contributed by atoms with Gasteiger partial charge in [0.15, 0.2) is 0 Å². The van der Waals surface area contributed by atoms with Gasteiger partial charge in [-0.3, -0.25) is 4.98 Å². The molecule has 6 heteroatoms. The van der Waals surface area contributed by atoms with Crippen molar-refractivity contribution in [3.8, 4) is 11.1 Å². The van der Waals surface area contributed by atoms with Crippen molar-refractivity contribution in [1.82, 2.24) is 9.97 Å². The lowest BCUT2D eigenvalue weighted by molar-refractivity contribution is 0.639. The Morgan fingerprint density at radius 1 is 0.950 bits per heavy atom. The van der Waals surface area contributed by atoms with Crippen molar-refractivity contribution in [1.29, 1.82) is 0 Å². The number of anilines is 2. The Labute approximate surface area is 121 Å². The minimum Gasteiger partial charge on any atom is -0.384 e. The zero-order chi connectivity index (χ0) is 13.4. The van der Waals surface area contributed by atoms with E-state index >= 15 is 0 Å². The van der Waals surface area contributed by atoms with Crippen molar-refractivity contribution in [3.05, 3.63) is 48.4 Å². The molecule has 20 heavy (non-hydrogen) atoms. The Bertz CT molecular complexity index is 776. The number of aromatic nitrogens is 2. The summed E-state index contributed by atoms with van der Waals surface area (Å²) in [5.74, 6) is 0.341.